The molecule has 1 aromatic heterocycles. The first kappa shape index (κ1) is 21.7. The van der Waals surface area contributed by atoms with Gasteiger partial charge in [0.2, 0.25) is 0 Å². The van der Waals surface area contributed by atoms with Crippen molar-refractivity contribution in [2.24, 2.45) is 0 Å². The summed E-state index contributed by atoms with van der Waals surface area (Å²) in [6.45, 7) is 2.49. The molecular formula is C26H24ClN3O2. The summed E-state index contributed by atoms with van der Waals surface area (Å²) in [7, 11) is 0. The number of para-hydroxylation sites is 2. The fourth-order valence-corrected chi connectivity index (χ4v) is 3.63. The maximum Gasteiger partial charge on any atom is 0.258 e. The number of aromatic nitrogens is 2. The van der Waals surface area contributed by atoms with Gasteiger partial charge in [-0.3, -0.25) is 4.79 Å². The molecular weight excluding hydrogens is 422 g/mol. The van der Waals surface area contributed by atoms with Crippen LogP contribution >= 0.6 is 11.6 Å². The average Bonchev–Trinajstić information content (AvgIpc) is 3.18. The minimum absolute atomic E-state index is 0.0832. The Morgan fingerprint density at radius 3 is 2.56 bits per heavy atom. The van der Waals surface area contributed by atoms with E-state index < -0.39 is 0 Å². The van der Waals surface area contributed by atoms with Gasteiger partial charge in [-0.05, 0) is 48.9 Å². The van der Waals surface area contributed by atoms with E-state index in [2.05, 4.69) is 34.2 Å². The number of fused-ring (bicyclic) bond motifs is 1. The third kappa shape index (κ3) is 5.37. The van der Waals surface area contributed by atoms with E-state index >= 15 is 0 Å². The fraction of sp³-hybridized carbons (Fsp3) is 0.154. The van der Waals surface area contributed by atoms with Crippen LogP contribution in [0.15, 0.2) is 84.9 Å². The largest absolute Gasteiger partial charge is 0.484 e. The van der Waals surface area contributed by atoms with E-state index in [-0.39, 0.29) is 18.6 Å². The number of nitrogens with one attached hydrogen (secondary N) is 1. The first-order chi connectivity index (χ1) is 15.6. The van der Waals surface area contributed by atoms with Crippen LogP contribution in [-0.4, -0.2) is 22.1 Å². The topological polar surface area (TPSA) is 56.1 Å². The van der Waals surface area contributed by atoms with Crippen molar-refractivity contribution in [1.82, 2.24) is 14.9 Å². The van der Waals surface area contributed by atoms with Gasteiger partial charge in [0.1, 0.15) is 11.6 Å². The van der Waals surface area contributed by atoms with Crippen LogP contribution in [0.1, 0.15) is 24.4 Å². The van der Waals surface area contributed by atoms with Crippen molar-refractivity contribution in [3.8, 4) is 5.75 Å². The Labute approximate surface area is 192 Å². The number of carbonyl (C=O) groups is 1. The molecule has 0 saturated heterocycles. The van der Waals surface area contributed by atoms with Gasteiger partial charge in [0.05, 0.1) is 17.1 Å². The summed E-state index contributed by atoms with van der Waals surface area (Å²) >= 11 is 5.88. The van der Waals surface area contributed by atoms with E-state index in [0.717, 1.165) is 22.4 Å². The van der Waals surface area contributed by atoms with Gasteiger partial charge < -0.3 is 14.6 Å². The molecule has 1 unspecified atom stereocenters. The van der Waals surface area contributed by atoms with Gasteiger partial charge in [-0.25, -0.2) is 4.98 Å². The zero-order valence-electron chi connectivity index (χ0n) is 17.7. The number of hydrogen-bond donors (Lipinski definition) is 1. The minimum Gasteiger partial charge on any atom is -0.484 e. The lowest BCUT2D eigenvalue weighted by Crippen LogP contribution is -2.32. The van der Waals surface area contributed by atoms with Crippen LogP contribution in [-0.2, 0) is 11.3 Å². The molecule has 0 spiro atoms. The second-order valence-corrected chi connectivity index (χ2v) is 7.85. The Balaban J connectivity index is 1.47. The predicted molar refractivity (Wildman–Crippen MR) is 129 cm³/mol. The Bertz CT molecular complexity index is 1220. The van der Waals surface area contributed by atoms with Gasteiger partial charge in [0.15, 0.2) is 6.61 Å². The molecule has 3 aromatic carbocycles. The molecule has 162 valence electrons. The number of allylic oxidation sites excluding steroid dienone is 1. The zero-order chi connectivity index (χ0) is 22.3. The van der Waals surface area contributed by atoms with E-state index in [4.69, 9.17) is 21.3 Å². The molecule has 1 amide bonds. The summed E-state index contributed by atoms with van der Waals surface area (Å²) in [5, 5.41) is 3.61. The summed E-state index contributed by atoms with van der Waals surface area (Å²) in [4.78, 5) is 17.3. The third-order valence-electron chi connectivity index (χ3n) is 5.03. The minimum atomic E-state index is -0.283. The summed E-state index contributed by atoms with van der Waals surface area (Å²) in [5.74, 6) is 1.17. The highest BCUT2D eigenvalue weighted by molar-refractivity contribution is 6.30. The van der Waals surface area contributed by atoms with Crippen LogP contribution in [0, 0.1) is 0 Å². The molecule has 0 bridgehead atoms. The number of nitrogens with zero attached hydrogens (tertiary/aromatic N) is 2. The van der Waals surface area contributed by atoms with Crippen molar-refractivity contribution < 1.29 is 9.53 Å². The highest BCUT2D eigenvalue weighted by Crippen LogP contribution is 2.21. The van der Waals surface area contributed by atoms with Crippen molar-refractivity contribution in [2.45, 2.75) is 19.5 Å². The van der Waals surface area contributed by atoms with Crippen LogP contribution in [0.4, 0.5) is 0 Å². The van der Waals surface area contributed by atoms with Gasteiger partial charge >= 0.3 is 0 Å². The number of imidazole rings is 1. The van der Waals surface area contributed by atoms with E-state index in [1.807, 2.05) is 49.4 Å². The van der Waals surface area contributed by atoms with E-state index in [1.54, 1.807) is 24.3 Å². The van der Waals surface area contributed by atoms with Crippen LogP contribution in [0.2, 0.25) is 5.02 Å². The van der Waals surface area contributed by atoms with Crippen molar-refractivity contribution in [3.63, 3.8) is 0 Å². The lowest BCUT2D eigenvalue weighted by molar-refractivity contribution is -0.123. The van der Waals surface area contributed by atoms with E-state index in [0.29, 0.717) is 17.3 Å². The lowest BCUT2D eigenvalue weighted by Gasteiger charge is -2.16. The normalized spacial score (nSPS) is 12.2. The zero-order valence-corrected chi connectivity index (χ0v) is 18.5. The molecule has 0 saturated carbocycles. The number of halogens is 1. The molecule has 4 aromatic rings. The Morgan fingerprint density at radius 1 is 1.06 bits per heavy atom. The first-order valence-electron chi connectivity index (χ1n) is 10.4. The highest BCUT2D eigenvalue weighted by atomic mass is 35.5. The van der Waals surface area contributed by atoms with Crippen molar-refractivity contribution in [1.29, 1.82) is 0 Å². The number of hydrogen-bond acceptors (Lipinski definition) is 3. The Hall–Kier alpha value is -3.57. The maximum absolute atomic E-state index is 12.5. The molecule has 4 rings (SSSR count). The molecule has 1 N–H and O–H groups in total. The number of benzene rings is 3. The molecule has 5 nitrogen and oxygen atoms in total. The van der Waals surface area contributed by atoms with Crippen LogP contribution in [0.3, 0.4) is 0 Å². The van der Waals surface area contributed by atoms with Crippen LogP contribution in [0.5, 0.6) is 5.75 Å². The highest BCUT2D eigenvalue weighted by Gasteiger charge is 2.18. The molecule has 1 atom stereocenters. The molecule has 0 aliphatic carbocycles. The van der Waals surface area contributed by atoms with Gasteiger partial charge in [-0.15, -0.1) is 0 Å². The smallest absolute Gasteiger partial charge is 0.258 e. The lowest BCUT2D eigenvalue weighted by atomic mass is 10.2. The summed E-state index contributed by atoms with van der Waals surface area (Å²) in [5.41, 5.74) is 3.06. The van der Waals surface area contributed by atoms with Gasteiger partial charge in [0, 0.05) is 11.6 Å². The Morgan fingerprint density at radius 2 is 1.78 bits per heavy atom. The number of carbonyl (C=O) groups excluding carboxylic acids is 1. The number of ether oxygens (including phenoxy) is 1. The van der Waals surface area contributed by atoms with Crippen molar-refractivity contribution >= 4 is 34.6 Å². The molecule has 0 fully saturated rings. The van der Waals surface area contributed by atoms with Gasteiger partial charge in [-0.2, -0.15) is 0 Å². The quantitative estimate of drug-likeness (QED) is 0.380. The van der Waals surface area contributed by atoms with Crippen molar-refractivity contribution in [3.05, 3.63) is 101 Å². The molecule has 1 heterocycles. The van der Waals surface area contributed by atoms with Crippen LogP contribution in [0.25, 0.3) is 17.1 Å². The number of rotatable bonds is 8. The van der Waals surface area contributed by atoms with E-state index in [9.17, 15) is 4.79 Å². The first-order valence-corrected chi connectivity index (χ1v) is 10.8. The molecule has 0 aliphatic heterocycles. The predicted octanol–water partition coefficient (Wildman–Crippen LogP) is 5.66. The summed E-state index contributed by atoms with van der Waals surface area (Å²) in [6, 6.07) is 24.8. The van der Waals surface area contributed by atoms with Crippen LogP contribution < -0.4 is 10.1 Å². The van der Waals surface area contributed by atoms with Gasteiger partial charge in [-0.1, -0.05) is 66.2 Å². The van der Waals surface area contributed by atoms with E-state index in [1.165, 1.54) is 0 Å². The molecule has 32 heavy (non-hydrogen) atoms. The summed E-state index contributed by atoms with van der Waals surface area (Å²) < 4.78 is 7.68. The molecule has 6 heteroatoms. The van der Waals surface area contributed by atoms with Gasteiger partial charge in [0.25, 0.3) is 5.91 Å². The molecule has 0 aliphatic rings. The Kier molecular flexibility index (Phi) is 6.87. The second kappa shape index (κ2) is 10.2. The second-order valence-electron chi connectivity index (χ2n) is 7.41. The fourth-order valence-electron chi connectivity index (χ4n) is 3.50. The van der Waals surface area contributed by atoms with Crippen molar-refractivity contribution in [2.75, 3.05) is 6.61 Å². The molecule has 0 radical (unpaired) electrons. The standard InChI is InChI=1S/C26H24ClN3O2/c1-19(28-25(31)18-32-22-15-13-21(27)14-16-22)26-29-23-11-5-6-12-24(23)30(26)17-7-10-20-8-3-2-4-9-20/h2-16,19H,17-18H2,1H3,(H,28,31)/b10-7+. The average molecular weight is 446 g/mol. The monoisotopic (exact) mass is 445 g/mol. The number of amides is 1. The third-order valence-corrected chi connectivity index (χ3v) is 5.28. The maximum atomic E-state index is 12.5. The SMILES string of the molecule is CC(NC(=O)COc1ccc(Cl)cc1)c1nc2ccccc2n1C/C=C/c1ccccc1. The summed E-state index contributed by atoms with van der Waals surface area (Å²) in [6.07, 6.45) is 4.19.